The van der Waals surface area contributed by atoms with Crippen molar-refractivity contribution in [3.63, 3.8) is 0 Å². The van der Waals surface area contributed by atoms with Crippen LogP contribution in [0.1, 0.15) is 24.5 Å². The fourth-order valence-corrected chi connectivity index (χ4v) is 1.83. The normalized spacial score (nSPS) is 13.7. The highest BCUT2D eigenvalue weighted by Gasteiger charge is 2.09. The molecule has 0 aliphatic rings. The molecule has 0 aliphatic heterocycles. The fourth-order valence-electron chi connectivity index (χ4n) is 1.30. The number of benzene rings is 1. The molecule has 0 amide bonds. The van der Waals surface area contributed by atoms with Crippen LogP contribution in [0.25, 0.3) is 0 Å². The van der Waals surface area contributed by atoms with Gasteiger partial charge in [-0.3, -0.25) is 4.55 Å². The maximum atomic E-state index is 10.4. The molecule has 0 spiro atoms. The quantitative estimate of drug-likeness (QED) is 0.749. The molecular weight excluding hydrogens is 216 g/mol. The summed E-state index contributed by atoms with van der Waals surface area (Å²) in [7, 11) is -3.91. The molecule has 0 saturated heterocycles. The molecule has 0 radical (unpaired) electrons. The molecule has 0 bridgehead atoms. The molecular formula is C10H14O4S. The average molecular weight is 230 g/mol. The second-order valence-corrected chi connectivity index (χ2v) is 4.93. The van der Waals surface area contributed by atoms with Gasteiger partial charge in [0.05, 0.1) is 11.9 Å². The van der Waals surface area contributed by atoms with E-state index in [0.29, 0.717) is 6.42 Å². The summed E-state index contributed by atoms with van der Waals surface area (Å²) in [5.41, 5.74) is 0.757. The van der Waals surface area contributed by atoms with Gasteiger partial charge in [-0.25, -0.2) is 0 Å². The van der Waals surface area contributed by atoms with Gasteiger partial charge in [0.15, 0.2) is 0 Å². The summed E-state index contributed by atoms with van der Waals surface area (Å²) in [5, 5.41) is 9.64. The minimum Gasteiger partial charge on any atom is -0.388 e. The van der Waals surface area contributed by atoms with Gasteiger partial charge in [-0.05, 0) is 18.4 Å². The smallest absolute Gasteiger partial charge is 0.264 e. The maximum absolute atomic E-state index is 10.4. The third-order valence-corrected chi connectivity index (χ3v) is 2.87. The zero-order chi connectivity index (χ0) is 11.3. The lowest BCUT2D eigenvalue weighted by Crippen LogP contribution is -2.06. The van der Waals surface area contributed by atoms with E-state index in [1.165, 1.54) is 0 Å². The van der Waals surface area contributed by atoms with Gasteiger partial charge in [-0.1, -0.05) is 30.3 Å². The Balaban J connectivity index is 2.41. The molecule has 0 saturated carbocycles. The zero-order valence-electron chi connectivity index (χ0n) is 8.20. The van der Waals surface area contributed by atoms with E-state index in [0.717, 1.165) is 5.56 Å². The summed E-state index contributed by atoms with van der Waals surface area (Å²) < 4.78 is 29.3. The Morgan fingerprint density at radius 3 is 2.33 bits per heavy atom. The van der Waals surface area contributed by atoms with Crippen LogP contribution in [0, 0.1) is 0 Å². The number of aliphatic hydroxyl groups is 1. The van der Waals surface area contributed by atoms with Crippen LogP contribution in [-0.2, 0) is 10.1 Å². The fraction of sp³-hybridized carbons (Fsp3) is 0.400. The predicted octanol–water partition coefficient (Wildman–Crippen LogP) is 1.39. The minimum absolute atomic E-state index is 0.245. The molecule has 0 unspecified atom stereocenters. The molecule has 1 rings (SSSR count). The van der Waals surface area contributed by atoms with Crippen molar-refractivity contribution >= 4 is 10.1 Å². The molecule has 0 aliphatic carbocycles. The summed E-state index contributed by atoms with van der Waals surface area (Å²) in [5.74, 6) is -0.309. The number of hydrogen-bond donors (Lipinski definition) is 2. The molecule has 0 heterocycles. The lowest BCUT2D eigenvalue weighted by atomic mass is 10.1. The molecule has 4 nitrogen and oxygen atoms in total. The first-order valence-corrected chi connectivity index (χ1v) is 6.28. The summed E-state index contributed by atoms with van der Waals surface area (Å²) in [4.78, 5) is 0. The molecule has 5 heteroatoms. The van der Waals surface area contributed by atoms with Gasteiger partial charge in [0, 0.05) is 0 Å². The van der Waals surface area contributed by atoms with Crippen molar-refractivity contribution in [1.29, 1.82) is 0 Å². The van der Waals surface area contributed by atoms with Gasteiger partial charge in [0.25, 0.3) is 10.1 Å². The maximum Gasteiger partial charge on any atom is 0.264 e. The van der Waals surface area contributed by atoms with E-state index in [1.807, 2.05) is 6.07 Å². The Bertz CT molecular complexity index is 385. The molecule has 2 N–H and O–H groups in total. The van der Waals surface area contributed by atoms with Gasteiger partial charge >= 0.3 is 0 Å². The molecule has 84 valence electrons. The van der Waals surface area contributed by atoms with E-state index >= 15 is 0 Å². The SMILES string of the molecule is O=S(=O)(O)CCC[C@H](O)c1ccccc1. The Labute approximate surface area is 89.3 Å². The van der Waals surface area contributed by atoms with E-state index in [9.17, 15) is 13.5 Å². The molecule has 15 heavy (non-hydrogen) atoms. The second-order valence-electron chi connectivity index (χ2n) is 3.35. The van der Waals surface area contributed by atoms with Gasteiger partial charge in [-0.2, -0.15) is 8.42 Å². The van der Waals surface area contributed by atoms with Crippen LogP contribution in [0.5, 0.6) is 0 Å². The number of aliphatic hydroxyl groups excluding tert-OH is 1. The predicted molar refractivity (Wildman–Crippen MR) is 57.1 cm³/mol. The highest BCUT2D eigenvalue weighted by Crippen LogP contribution is 2.17. The van der Waals surface area contributed by atoms with Crippen molar-refractivity contribution in [2.45, 2.75) is 18.9 Å². The molecule has 1 aromatic carbocycles. The van der Waals surface area contributed by atoms with Crippen LogP contribution in [0.4, 0.5) is 0 Å². The van der Waals surface area contributed by atoms with Crippen molar-refractivity contribution in [1.82, 2.24) is 0 Å². The van der Waals surface area contributed by atoms with Crippen molar-refractivity contribution in [3.8, 4) is 0 Å². The molecule has 1 aromatic rings. The van der Waals surface area contributed by atoms with Gasteiger partial charge < -0.3 is 5.11 Å². The Kier molecular flexibility index (Phi) is 4.26. The molecule has 0 fully saturated rings. The number of rotatable bonds is 5. The first kappa shape index (κ1) is 12.2. The Hall–Kier alpha value is -0.910. The summed E-state index contributed by atoms with van der Waals surface area (Å²) >= 11 is 0. The monoisotopic (exact) mass is 230 g/mol. The van der Waals surface area contributed by atoms with Crippen LogP contribution in [-0.4, -0.2) is 23.8 Å². The topological polar surface area (TPSA) is 74.6 Å². The van der Waals surface area contributed by atoms with E-state index in [-0.39, 0.29) is 12.2 Å². The standard InChI is InChI=1S/C10H14O4S/c11-10(7-4-8-15(12,13)14)9-5-2-1-3-6-9/h1-3,5-6,10-11H,4,7-8H2,(H,12,13,14)/t10-/m0/s1. The average Bonchev–Trinajstić information content (AvgIpc) is 2.17. The van der Waals surface area contributed by atoms with Gasteiger partial charge in [0.1, 0.15) is 0 Å². The van der Waals surface area contributed by atoms with Gasteiger partial charge in [-0.15, -0.1) is 0 Å². The van der Waals surface area contributed by atoms with Crippen molar-refractivity contribution < 1.29 is 18.1 Å². The first-order valence-electron chi connectivity index (χ1n) is 4.67. The van der Waals surface area contributed by atoms with Crippen LogP contribution in [0.3, 0.4) is 0 Å². The largest absolute Gasteiger partial charge is 0.388 e. The highest BCUT2D eigenvalue weighted by atomic mass is 32.2. The van der Waals surface area contributed by atoms with Crippen molar-refractivity contribution in [2.75, 3.05) is 5.75 Å². The van der Waals surface area contributed by atoms with Crippen LogP contribution >= 0.6 is 0 Å². The van der Waals surface area contributed by atoms with Crippen LogP contribution < -0.4 is 0 Å². The number of hydrogen-bond acceptors (Lipinski definition) is 3. The van der Waals surface area contributed by atoms with Gasteiger partial charge in [0.2, 0.25) is 0 Å². The Morgan fingerprint density at radius 2 is 1.80 bits per heavy atom. The third-order valence-electron chi connectivity index (χ3n) is 2.06. The summed E-state index contributed by atoms with van der Waals surface area (Å²) in [6, 6.07) is 9.01. The first-order chi connectivity index (χ1) is 6.99. The lowest BCUT2D eigenvalue weighted by Gasteiger charge is -2.09. The molecule has 1 atom stereocenters. The highest BCUT2D eigenvalue weighted by molar-refractivity contribution is 7.85. The zero-order valence-corrected chi connectivity index (χ0v) is 9.02. The lowest BCUT2D eigenvalue weighted by molar-refractivity contribution is 0.166. The van der Waals surface area contributed by atoms with Crippen LogP contribution in [0.2, 0.25) is 0 Å². The summed E-state index contributed by atoms with van der Waals surface area (Å²) in [6.45, 7) is 0. The van der Waals surface area contributed by atoms with E-state index in [4.69, 9.17) is 4.55 Å². The third kappa shape index (κ3) is 4.92. The van der Waals surface area contributed by atoms with Crippen molar-refractivity contribution in [2.24, 2.45) is 0 Å². The Morgan fingerprint density at radius 1 is 1.20 bits per heavy atom. The van der Waals surface area contributed by atoms with Crippen LogP contribution in [0.15, 0.2) is 30.3 Å². The minimum atomic E-state index is -3.91. The molecule has 0 aromatic heterocycles. The van der Waals surface area contributed by atoms with E-state index < -0.39 is 16.2 Å². The van der Waals surface area contributed by atoms with E-state index in [1.54, 1.807) is 24.3 Å². The van der Waals surface area contributed by atoms with Crippen molar-refractivity contribution in [3.05, 3.63) is 35.9 Å². The second kappa shape index (κ2) is 5.25. The van der Waals surface area contributed by atoms with E-state index in [2.05, 4.69) is 0 Å². The summed E-state index contributed by atoms with van der Waals surface area (Å²) in [6.07, 6.45) is -0.105.